The maximum atomic E-state index is 5.53. The molecule has 0 atom stereocenters. The number of rotatable bonds is 17. The van der Waals surface area contributed by atoms with Gasteiger partial charge in [-0.2, -0.15) is 0 Å². The Morgan fingerprint density at radius 2 is 1.36 bits per heavy atom. The van der Waals surface area contributed by atoms with E-state index in [1.165, 1.54) is 0 Å². The highest BCUT2D eigenvalue weighted by Crippen LogP contribution is 1.93. The zero-order chi connectivity index (χ0) is 18.0. The van der Waals surface area contributed by atoms with E-state index >= 15 is 0 Å². The number of hydrogen-bond acceptors (Lipinski definition) is 9. The molecule has 9 nitrogen and oxygen atoms in total. The summed E-state index contributed by atoms with van der Waals surface area (Å²) in [6.07, 6.45) is 0. The number of hydrogen-bond donors (Lipinski definition) is 7. The zero-order valence-electron chi connectivity index (χ0n) is 15.9. The average molecular weight is 360 g/mol. The molecule has 1 heterocycles. The van der Waals surface area contributed by atoms with Crippen LogP contribution in [-0.2, 0) is 0 Å². The molecule has 1 aliphatic rings. The van der Waals surface area contributed by atoms with Crippen molar-refractivity contribution in [3.05, 3.63) is 0 Å². The van der Waals surface area contributed by atoms with Gasteiger partial charge in [-0.05, 0) is 0 Å². The summed E-state index contributed by atoms with van der Waals surface area (Å²) in [7, 11) is 0. The van der Waals surface area contributed by atoms with E-state index in [9.17, 15) is 0 Å². The minimum atomic E-state index is 0.691. The predicted octanol–water partition coefficient (Wildman–Crippen LogP) is -3.62. The molecule has 0 aromatic heterocycles. The molecule has 0 aromatic carbocycles. The summed E-state index contributed by atoms with van der Waals surface area (Å²) in [5, 5.41) is 15.8. The van der Waals surface area contributed by atoms with Crippen LogP contribution in [0.4, 0.5) is 0 Å². The summed E-state index contributed by atoms with van der Waals surface area (Å²) in [5.74, 6) is 0. The molecule has 1 saturated heterocycles. The Bertz CT molecular complexity index is 274. The third kappa shape index (κ3) is 13.5. The van der Waals surface area contributed by atoms with E-state index in [4.69, 9.17) is 11.5 Å². The SMILES string of the molecule is NCCNCCNCCNN(CCNCCN)CCN1CCNCC1. The Balaban J connectivity index is 2.11. The van der Waals surface area contributed by atoms with Crippen LogP contribution in [0.15, 0.2) is 0 Å². The van der Waals surface area contributed by atoms with Gasteiger partial charge in [0, 0.05) is 105 Å². The summed E-state index contributed by atoms with van der Waals surface area (Å²) in [4.78, 5) is 2.53. The van der Waals surface area contributed by atoms with Gasteiger partial charge in [0.15, 0.2) is 0 Å². The monoisotopic (exact) mass is 359 g/mol. The minimum Gasteiger partial charge on any atom is -0.329 e. The topological polar surface area (TPSA) is 119 Å². The van der Waals surface area contributed by atoms with Crippen LogP contribution in [0.5, 0.6) is 0 Å². The number of piperazine rings is 1. The summed E-state index contributed by atoms with van der Waals surface area (Å²) >= 11 is 0. The molecule has 25 heavy (non-hydrogen) atoms. The van der Waals surface area contributed by atoms with Gasteiger partial charge in [0.05, 0.1) is 0 Å². The highest BCUT2D eigenvalue weighted by molar-refractivity contribution is 4.69. The molecule has 0 unspecified atom stereocenters. The number of nitrogens with zero attached hydrogens (tertiary/aromatic N) is 2. The van der Waals surface area contributed by atoms with Crippen molar-refractivity contribution >= 4 is 0 Å². The number of hydrazine groups is 1. The molecule has 0 saturated carbocycles. The summed E-state index contributed by atoms with van der Waals surface area (Å²) in [6.45, 7) is 15.6. The highest BCUT2D eigenvalue weighted by atomic mass is 15.5. The van der Waals surface area contributed by atoms with Gasteiger partial charge in [-0.25, -0.2) is 5.01 Å². The van der Waals surface area contributed by atoms with E-state index in [1.54, 1.807) is 0 Å². The van der Waals surface area contributed by atoms with Gasteiger partial charge >= 0.3 is 0 Å². The fourth-order valence-corrected chi connectivity index (χ4v) is 2.74. The fraction of sp³-hybridized carbons (Fsp3) is 1.00. The first-order chi connectivity index (χ1) is 12.4. The van der Waals surface area contributed by atoms with Gasteiger partial charge in [-0.3, -0.25) is 10.3 Å². The lowest BCUT2D eigenvalue weighted by atomic mass is 10.3. The molecule has 0 spiro atoms. The number of nitrogens with two attached hydrogens (primary N) is 2. The van der Waals surface area contributed by atoms with Crippen LogP contribution < -0.4 is 38.2 Å². The van der Waals surface area contributed by atoms with E-state index in [0.29, 0.717) is 13.1 Å². The first kappa shape index (κ1) is 22.7. The van der Waals surface area contributed by atoms with E-state index < -0.39 is 0 Å². The lowest BCUT2D eigenvalue weighted by molar-refractivity contribution is 0.146. The lowest BCUT2D eigenvalue weighted by Gasteiger charge is -2.30. The molecule has 0 amide bonds. The summed E-state index contributed by atoms with van der Waals surface area (Å²) in [5.41, 5.74) is 14.5. The van der Waals surface area contributed by atoms with Gasteiger partial charge in [0.25, 0.3) is 0 Å². The van der Waals surface area contributed by atoms with Crippen LogP contribution in [0.3, 0.4) is 0 Å². The van der Waals surface area contributed by atoms with Crippen molar-refractivity contribution in [1.29, 1.82) is 0 Å². The predicted molar refractivity (Wildman–Crippen MR) is 106 cm³/mol. The molecule has 1 fully saturated rings. The Morgan fingerprint density at radius 1 is 0.760 bits per heavy atom. The van der Waals surface area contributed by atoms with Crippen LogP contribution >= 0.6 is 0 Å². The van der Waals surface area contributed by atoms with E-state index in [0.717, 1.165) is 91.6 Å². The standard InChI is InChI=1S/C16H41N9/c17-1-3-19-5-6-21-7-8-23-25(14-11-20-4-2-18)16-15-24-12-9-22-10-13-24/h19-23H,1-18H2. The molecule has 0 aliphatic carbocycles. The van der Waals surface area contributed by atoms with Crippen LogP contribution in [0.25, 0.3) is 0 Å². The van der Waals surface area contributed by atoms with Crippen molar-refractivity contribution in [2.45, 2.75) is 0 Å². The molecular weight excluding hydrogens is 318 g/mol. The van der Waals surface area contributed by atoms with Gasteiger partial charge in [0.1, 0.15) is 0 Å². The molecule has 1 rings (SSSR count). The van der Waals surface area contributed by atoms with Crippen LogP contribution in [0, 0.1) is 0 Å². The average Bonchev–Trinajstić information content (AvgIpc) is 2.65. The van der Waals surface area contributed by atoms with Gasteiger partial charge < -0.3 is 32.7 Å². The molecule has 0 bridgehead atoms. The van der Waals surface area contributed by atoms with Crippen molar-refractivity contribution in [3.8, 4) is 0 Å². The second-order valence-electron chi connectivity index (χ2n) is 6.31. The van der Waals surface area contributed by atoms with E-state index in [-0.39, 0.29) is 0 Å². The van der Waals surface area contributed by atoms with Crippen molar-refractivity contribution in [2.24, 2.45) is 11.5 Å². The Kier molecular flexibility index (Phi) is 15.5. The van der Waals surface area contributed by atoms with Crippen LogP contribution in [0.1, 0.15) is 0 Å². The third-order valence-corrected chi connectivity index (χ3v) is 4.21. The van der Waals surface area contributed by atoms with Crippen molar-refractivity contribution in [2.75, 3.05) is 105 Å². The van der Waals surface area contributed by atoms with Crippen molar-refractivity contribution in [1.82, 2.24) is 36.6 Å². The van der Waals surface area contributed by atoms with E-state index in [1.807, 2.05) is 0 Å². The van der Waals surface area contributed by atoms with Crippen molar-refractivity contribution < 1.29 is 0 Å². The third-order valence-electron chi connectivity index (χ3n) is 4.21. The summed E-state index contributed by atoms with van der Waals surface area (Å²) in [6, 6.07) is 0. The van der Waals surface area contributed by atoms with Crippen molar-refractivity contribution in [3.63, 3.8) is 0 Å². The molecular formula is C16H41N9. The van der Waals surface area contributed by atoms with Crippen LogP contribution in [0.2, 0.25) is 0 Å². The number of nitrogens with one attached hydrogen (secondary N) is 5. The normalized spacial score (nSPS) is 16.0. The first-order valence-corrected chi connectivity index (χ1v) is 9.80. The van der Waals surface area contributed by atoms with Crippen LogP contribution in [-0.4, -0.2) is 115 Å². The van der Waals surface area contributed by atoms with Gasteiger partial charge in [-0.1, -0.05) is 0 Å². The minimum absolute atomic E-state index is 0.691. The lowest BCUT2D eigenvalue weighted by Crippen LogP contribution is -2.51. The van der Waals surface area contributed by atoms with Gasteiger partial charge in [0.2, 0.25) is 0 Å². The van der Waals surface area contributed by atoms with E-state index in [2.05, 4.69) is 36.6 Å². The first-order valence-electron chi connectivity index (χ1n) is 9.80. The smallest absolute Gasteiger partial charge is 0.0259 e. The Hall–Kier alpha value is -0.360. The highest BCUT2D eigenvalue weighted by Gasteiger charge is 2.11. The second-order valence-corrected chi connectivity index (χ2v) is 6.31. The van der Waals surface area contributed by atoms with Gasteiger partial charge in [-0.15, -0.1) is 0 Å². The molecule has 9 heteroatoms. The zero-order valence-corrected chi connectivity index (χ0v) is 15.9. The molecule has 0 aromatic rings. The maximum Gasteiger partial charge on any atom is 0.0259 e. The Labute approximate surface area is 153 Å². The largest absolute Gasteiger partial charge is 0.329 e. The molecule has 150 valence electrons. The maximum absolute atomic E-state index is 5.53. The Morgan fingerprint density at radius 3 is 2.04 bits per heavy atom. The fourth-order valence-electron chi connectivity index (χ4n) is 2.74. The quantitative estimate of drug-likeness (QED) is 0.104. The molecule has 1 aliphatic heterocycles. The molecule has 0 radical (unpaired) electrons. The summed E-state index contributed by atoms with van der Waals surface area (Å²) < 4.78 is 0. The second kappa shape index (κ2) is 17.1. The molecule has 9 N–H and O–H groups in total.